The SMILES string of the molecule is C=C/C=C(\C=C)OCCCC=O.CC.CC.CO. The van der Waals surface area contributed by atoms with Crippen molar-refractivity contribution in [1.82, 2.24) is 0 Å². The molecule has 1 N–H and O–H groups in total. The number of aliphatic hydroxyl groups is 1. The second-order valence-electron chi connectivity index (χ2n) is 2.17. The second kappa shape index (κ2) is 36.1. The van der Waals surface area contributed by atoms with Gasteiger partial charge in [0.15, 0.2) is 0 Å². The fourth-order valence-electron chi connectivity index (χ4n) is 0.648. The lowest BCUT2D eigenvalue weighted by Gasteiger charge is -2.03. The van der Waals surface area contributed by atoms with E-state index < -0.39 is 0 Å². The third kappa shape index (κ3) is 29.3. The van der Waals surface area contributed by atoms with Crippen molar-refractivity contribution in [2.75, 3.05) is 13.7 Å². The Morgan fingerprint density at radius 3 is 2.00 bits per heavy atom. The predicted molar refractivity (Wildman–Crippen MR) is 80.6 cm³/mol. The van der Waals surface area contributed by atoms with Gasteiger partial charge in [-0.1, -0.05) is 46.9 Å². The molecule has 0 aromatic carbocycles. The largest absolute Gasteiger partial charge is 0.494 e. The molecule has 0 bridgehead atoms. The van der Waals surface area contributed by atoms with Crippen LogP contribution in [0.1, 0.15) is 40.5 Å². The molecule has 0 aliphatic rings. The van der Waals surface area contributed by atoms with Crippen molar-refractivity contribution >= 4 is 6.29 Å². The van der Waals surface area contributed by atoms with Gasteiger partial charge in [-0.05, 0) is 18.6 Å². The van der Waals surface area contributed by atoms with E-state index in [1.807, 2.05) is 27.7 Å². The van der Waals surface area contributed by atoms with E-state index in [0.29, 0.717) is 18.8 Å². The summed E-state index contributed by atoms with van der Waals surface area (Å²) in [5, 5.41) is 7.00. The summed E-state index contributed by atoms with van der Waals surface area (Å²) in [7, 11) is 1.00. The first-order valence-corrected chi connectivity index (χ1v) is 6.31. The van der Waals surface area contributed by atoms with E-state index in [0.717, 1.165) is 19.8 Å². The molecule has 0 aromatic heterocycles. The molecule has 0 atom stereocenters. The minimum absolute atomic E-state index is 0.540. The molecule has 3 heteroatoms. The van der Waals surface area contributed by atoms with Crippen LogP contribution < -0.4 is 0 Å². The van der Waals surface area contributed by atoms with E-state index in [1.54, 1.807) is 18.2 Å². The van der Waals surface area contributed by atoms with Gasteiger partial charge in [0.05, 0.1) is 6.61 Å². The van der Waals surface area contributed by atoms with E-state index in [4.69, 9.17) is 9.84 Å². The van der Waals surface area contributed by atoms with Crippen LogP contribution in [-0.4, -0.2) is 25.1 Å². The lowest BCUT2D eigenvalue weighted by molar-refractivity contribution is -0.108. The predicted octanol–water partition coefficient (Wildman–Crippen LogP) is 3.90. The standard InChI is InChI=1S/C10H14O2.2C2H6.CH4O/c1-3-7-10(4-2)12-9-6-5-8-11;3*1-2/h3-4,7-8H,1-2,5-6,9H2;2*1-2H3;2H,1H3/b10-7+;;;. The number of aldehydes is 1. The summed E-state index contributed by atoms with van der Waals surface area (Å²) in [6.07, 6.45) is 7.14. The molecule has 0 unspecified atom stereocenters. The zero-order valence-electron chi connectivity index (χ0n) is 12.6. The van der Waals surface area contributed by atoms with Gasteiger partial charge in [0.2, 0.25) is 0 Å². The van der Waals surface area contributed by atoms with Gasteiger partial charge in [-0.2, -0.15) is 0 Å². The van der Waals surface area contributed by atoms with E-state index in [9.17, 15) is 4.79 Å². The molecule has 0 saturated heterocycles. The molecule has 0 rings (SSSR count). The summed E-state index contributed by atoms with van der Waals surface area (Å²) in [6.45, 7) is 15.6. The van der Waals surface area contributed by atoms with Gasteiger partial charge in [0.1, 0.15) is 12.0 Å². The van der Waals surface area contributed by atoms with Gasteiger partial charge in [0, 0.05) is 13.5 Å². The smallest absolute Gasteiger partial charge is 0.120 e. The quantitative estimate of drug-likeness (QED) is 0.326. The highest BCUT2D eigenvalue weighted by atomic mass is 16.5. The van der Waals surface area contributed by atoms with Crippen molar-refractivity contribution in [2.45, 2.75) is 40.5 Å². The zero-order chi connectivity index (χ0) is 15.2. The Bertz CT molecular complexity index is 184. The van der Waals surface area contributed by atoms with Gasteiger partial charge in [-0.15, -0.1) is 0 Å². The van der Waals surface area contributed by atoms with Crippen LogP contribution in [0.3, 0.4) is 0 Å². The van der Waals surface area contributed by atoms with Crippen molar-refractivity contribution in [1.29, 1.82) is 0 Å². The Morgan fingerprint density at radius 2 is 1.67 bits per heavy atom. The molecule has 108 valence electrons. The number of allylic oxidation sites excluding steroid dienone is 3. The van der Waals surface area contributed by atoms with Crippen LogP contribution in [0.25, 0.3) is 0 Å². The number of carbonyl (C=O) groups excluding carboxylic acids is 1. The highest BCUT2D eigenvalue weighted by Crippen LogP contribution is 2.00. The molecule has 0 spiro atoms. The number of hydrogen-bond donors (Lipinski definition) is 1. The van der Waals surface area contributed by atoms with E-state index in [2.05, 4.69) is 13.2 Å². The maximum Gasteiger partial charge on any atom is 0.120 e. The molecule has 18 heavy (non-hydrogen) atoms. The first kappa shape index (κ1) is 25.5. The molecule has 0 fully saturated rings. The average molecular weight is 258 g/mol. The number of unbranched alkanes of at least 4 members (excludes halogenated alkanes) is 1. The van der Waals surface area contributed by atoms with Gasteiger partial charge >= 0.3 is 0 Å². The molecule has 3 nitrogen and oxygen atoms in total. The van der Waals surface area contributed by atoms with Crippen LogP contribution in [0, 0.1) is 0 Å². The van der Waals surface area contributed by atoms with E-state index >= 15 is 0 Å². The number of aliphatic hydroxyl groups excluding tert-OH is 1. The van der Waals surface area contributed by atoms with Gasteiger partial charge in [0.25, 0.3) is 0 Å². The summed E-state index contributed by atoms with van der Waals surface area (Å²) in [4.78, 5) is 9.94. The molecule has 0 aliphatic heterocycles. The van der Waals surface area contributed by atoms with Crippen molar-refractivity contribution < 1.29 is 14.6 Å². The maximum absolute atomic E-state index is 9.94. The van der Waals surface area contributed by atoms with Gasteiger partial charge in [-0.3, -0.25) is 0 Å². The highest BCUT2D eigenvalue weighted by molar-refractivity contribution is 5.48. The molecule has 0 radical (unpaired) electrons. The molecule has 0 heterocycles. The average Bonchev–Trinajstić information content (AvgIpc) is 2.48. The minimum Gasteiger partial charge on any atom is -0.494 e. The number of ether oxygens (including phenoxy) is 1. The molecule has 0 aromatic rings. The molecule has 0 aliphatic carbocycles. The van der Waals surface area contributed by atoms with Crippen LogP contribution >= 0.6 is 0 Å². The highest BCUT2D eigenvalue weighted by Gasteiger charge is 1.90. The maximum atomic E-state index is 9.94. The first-order chi connectivity index (χ1) is 8.85. The molecular weight excluding hydrogens is 228 g/mol. The van der Waals surface area contributed by atoms with Crippen LogP contribution in [0.4, 0.5) is 0 Å². The van der Waals surface area contributed by atoms with Crippen molar-refractivity contribution in [3.8, 4) is 0 Å². The molecule has 0 saturated carbocycles. The lowest BCUT2D eigenvalue weighted by Crippen LogP contribution is -1.93. The van der Waals surface area contributed by atoms with Gasteiger partial charge in [-0.25, -0.2) is 0 Å². The Morgan fingerprint density at radius 1 is 1.17 bits per heavy atom. The third-order valence-corrected chi connectivity index (χ3v) is 1.22. The Labute approximate surface area is 113 Å². The van der Waals surface area contributed by atoms with Gasteiger partial charge < -0.3 is 14.6 Å². The van der Waals surface area contributed by atoms with Crippen LogP contribution in [0.15, 0.2) is 37.1 Å². The second-order valence-corrected chi connectivity index (χ2v) is 2.17. The molecule has 0 amide bonds. The van der Waals surface area contributed by atoms with E-state index in [1.165, 1.54) is 0 Å². The Balaban J connectivity index is -0.000000141. The monoisotopic (exact) mass is 258 g/mol. The lowest BCUT2D eigenvalue weighted by atomic mass is 10.3. The number of rotatable bonds is 7. The fourth-order valence-corrected chi connectivity index (χ4v) is 0.648. The van der Waals surface area contributed by atoms with E-state index in [-0.39, 0.29) is 0 Å². The number of carbonyl (C=O) groups is 1. The zero-order valence-corrected chi connectivity index (χ0v) is 12.6. The summed E-state index contributed by atoms with van der Waals surface area (Å²) < 4.78 is 5.25. The topological polar surface area (TPSA) is 46.5 Å². The van der Waals surface area contributed by atoms with Crippen LogP contribution in [0.5, 0.6) is 0 Å². The molecular formula is C15H30O3. The number of hydrogen-bond acceptors (Lipinski definition) is 3. The van der Waals surface area contributed by atoms with Crippen molar-refractivity contribution in [2.24, 2.45) is 0 Å². The fraction of sp³-hybridized carbons (Fsp3) is 0.533. The Hall–Kier alpha value is -1.35. The summed E-state index contributed by atoms with van der Waals surface area (Å²) in [5.74, 6) is 0.691. The first-order valence-electron chi connectivity index (χ1n) is 6.31. The summed E-state index contributed by atoms with van der Waals surface area (Å²) in [6, 6.07) is 0. The van der Waals surface area contributed by atoms with Crippen molar-refractivity contribution in [3.05, 3.63) is 37.1 Å². The van der Waals surface area contributed by atoms with Crippen LogP contribution in [0.2, 0.25) is 0 Å². The normalized spacial score (nSPS) is 8.00. The van der Waals surface area contributed by atoms with Crippen molar-refractivity contribution in [3.63, 3.8) is 0 Å². The summed E-state index contributed by atoms with van der Waals surface area (Å²) >= 11 is 0. The summed E-state index contributed by atoms with van der Waals surface area (Å²) in [5.41, 5.74) is 0. The third-order valence-electron chi connectivity index (χ3n) is 1.22. The van der Waals surface area contributed by atoms with Crippen LogP contribution in [-0.2, 0) is 9.53 Å². The minimum atomic E-state index is 0.540. The Kier molecular flexibility index (Phi) is 51.1.